The Morgan fingerprint density at radius 1 is 0.963 bits per heavy atom. The van der Waals surface area contributed by atoms with Crippen LogP contribution in [-0.4, -0.2) is 50.1 Å². The number of anilines is 1. The number of rotatable bonds is 8. The van der Waals surface area contributed by atoms with Gasteiger partial charge >= 0.3 is 5.97 Å². The summed E-state index contributed by atoms with van der Waals surface area (Å²) in [4.78, 5) is 39.9. The van der Waals surface area contributed by atoms with Crippen molar-refractivity contribution in [1.29, 1.82) is 0 Å². The zero-order chi connectivity index (χ0) is 19.6. The van der Waals surface area contributed by atoms with Crippen LogP contribution in [0, 0.1) is 0 Å². The van der Waals surface area contributed by atoms with E-state index in [1.54, 1.807) is 37.4 Å². The predicted molar refractivity (Wildman–Crippen MR) is 98.8 cm³/mol. The molecule has 8 nitrogen and oxygen atoms in total. The zero-order valence-electron chi connectivity index (χ0n) is 15.2. The highest BCUT2D eigenvalue weighted by atomic mass is 16.5. The maximum atomic E-state index is 12.3. The first kappa shape index (κ1) is 20.1. The molecule has 1 aromatic heterocycles. The SMILES string of the molecule is COCCCNC(=O)c1cccc(C(=O)Nc2ccc(C(=O)OC)cc2)n1. The fraction of sp³-hybridized carbons (Fsp3) is 0.263. The Morgan fingerprint density at radius 3 is 2.26 bits per heavy atom. The van der Waals surface area contributed by atoms with Gasteiger partial charge in [-0.2, -0.15) is 0 Å². The minimum absolute atomic E-state index is 0.108. The number of aromatic nitrogens is 1. The highest BCUT2D eigenvalue weighted by molar-refractivity contribution is 6.04. The number of ether oxygens (including phenoxy) is 2. The largest absolute Gasteiger partial charge is 0.465 e. The second-order valence-corrected chi connectivity index (χ2v) is 5.53. The van der Waals surface area contributed by atoms with Gasteiger partial charge in [-0.15, -0.1) is 0 Å². The van der Waals surface area contributed by atoms with Crippen molar-refractivity contribution >= 4 is 23.5 Å². The van der Waals surface area contributed by atoms with E-state index in [1.807, 2.05) is 0 Å². The molecule has 1 heterocycles. The van der Waals surface area contributed by atoms with Crippen LogP contribution in [-0.2, 0) is 9.47 Å². The number of pyridine rings is 1. The number of benzene rings is 1. The molecule has 142 valence electrons. The average molecular weight is 371 g/mol. The Morgan fingerprint density at radius 2 is 1.63 bits per heavy atom. The van der Waals surface area contributed by atoms with Crippen molar-refractivity contribution in [3.05, 3.63) is 59.4 Å². The Balaban J connectivity index is 2.00. The van der Waals surface area contributed by atoms with Gasteiger partial charge in [0, 0.05) is 25.9 Å². The number of methoxy groups -OCH3 is 2. The summed E-state index contributed by atoms with van der Waals surface area (Å²) in [6, 6.07) is 10.9. The molecule has 0 spiro atoms. The Bertz CT molecular complexity index is 805. The lowest BCUT2D eigenvalue weighted by atomic mass is 10.2. The zero-order valence-corrected chi connectivity index (χ0v) is 15.2. The van der Waals surface area contributed by atoms with Gasteiger partial charge in [0.15, 0.2) is 0 Å². The molecule has 2 aromatic rings. The van der Waals surface area contributed by atoms with E-state index in [2.05, 4.69) is 20.4 Å². The fourth-order valence-electron chi connectivity index (χ4n) is 2.20. The number of nitrogens with zero attached hydrogens (tertiary/aromatic N) is 1. The molecule has 0 saturated heterocycles. The molecular formula is C19H21N3O5. The molecule has 0 aliphatic heterocycles. The molecule has 8 heteroatoms. The number of carbonyl (C=O) groups excluding carboxylic acids is 3. The minimum Gasteiger partial charge on any atom is -0.465 e. The number of hydrogen-bond donors (Lipinski definition) is 2. The lowest BCUT2D eigenvalue weighted by Crippen LogP contribution is -2.27. The summed E-state index contributed by atoms with van der Waals surface area (Å²) in [6.45, 7) is 1.00. The van der Waals surface area contributed by atoms with E-state index in [4.69, 9.17) is 4.74 Å². The van der Waals surface area contributed by atoms with E-state index >= 15 is 0 Å². The molecule has 1 aromatic carbocycles. The normalized spacial score (nSPS) is 10.1. The van der Waals surface area contributed by atoms with Crippen molar-refractivity contribution in [2.24, 2.45) is 0 Å². The third-order valence-corrected chi connectivity index (χ3v) is 3.59. The summed E-state index contributed by atoms with van der Waals surface area (Å²) in [5.74, 6) is -1.28. The van der Waals surface area contributed by atoms with E-state index in [0.717, 1.165) is 0 Å². The van der Waals surface area contributed by atoms with Crippen LogP contribution in [0.25, 0.3) is 0 Å². The van der Waals surface area contributed by atoms with E-state index in [0.29, 0.717) is 30.8 Å². The van der Waals surface area contributed by atoms with E-state index in [9.17, 15) is 14.4 Å². The number of carbonyl (C=O) groups is 3. The minimum atomic E-state index is -0.463. The van der Waals surface area contributed by atoms with Crippen LogP contribution in [0.15, 0.2) is 42.5 Å². The smallest absolute Gasteiger partial charge is 0.337 e. The standard InChI is InChI=1S/C19H21N3O5/c1-26-12-4-11-20-17(23)15-5-3-6-16(22-15)18(24)21-14-9-7-13(8-10-14)19(25)27-2/h3,5-10H,4,11-12H2,1-2H3,(H,20,23)(H,21,24). The molecule has 0 bridgehead atoms. The number of esters is 1. The first-order chi connectivity index (χ1) is 13.0. The van der Waals surface area contributed by atoms with E-state index in [1.165, 1.54) is 19.2 Å². The van der Waals surface area contributed by atoms with Gasteiger partial charge in [0.05, 0.1) is 12.7 Å². The molecule has 0 atom stereocenters. The number of hydrogen-bond acceptors (Lipinski definition) is 6. The molecule has 2 amide bonds. The van der Waals surface area contributed by atoms with Crippen LogP contribution in [0.4, 0.5) is 5.69 Å². The van der Waals surface area contributed by atoms with Crippen LogP contribution in [0.5, 0.6) is 0 Å². The second kappa shape index (κ2) is 10.0. The van der Waals surface area contributed by atoms with Gasteiger partial charge in [0.25, 0.3) is 11.8 Å². The van der Waals surface area contributed by atoms with Gasteiger partial charge in [-0.25, -0.2) is 9.78 Å². The number of amides is 2. The maximum absolute atomic E-state index is 12.3. The van der Waals surface area contributed by atoms with Crippen molar-refractivity contribution in [1.82, 2.24) is 10.3 Å². The van der Waals surface area contributed by atoms with Crippen molar-refractivity contribution in [2.75, 3.05) is 32.7 Å². The lowest BCUT2D eigenvalue weighted by Gasteiger charge is -2.08. The topological polar surface area (TPSA) is 107 Å². The van der Waals surface area contributed by atoms with Gasteiger partial charge in [-0.3, -0.25) is 9.59 Å². The van der Waals surface area contributed by atoms with Gasteiger partial charge in [-0.1, -0.05) is 6.07 Å². The monoisotopic (exact) mass is 371 g/mol. The molecular weight excluding hydrogens is 350 g/mol. The van der Waals surface area contributed by atoms with Gasteiger partial charge < -0.3 is 20.1 Å². The van der Waals surface area contributed by atoms with Crippen molar-refractivity contribution < 1.29 is 23.9 Å². The highest BCUT2D eigenvalue weighted by Crippen LogP contribution is 2.12. The summed E-state index contributed by atoms with van der Waals surface area (Å²) < 4.78 is 9.54. The van der Waals surface area contributed by atoms with Crippen LogP contribution >= 0.6 is 0 Å². The molecule has 27 heavy (non-hydrogen) atoms. The summed E-state index contributed by atoms with van der Waals surface area (Å²) in [7, 11) is 2.89. The first-order valence-corrected chi connectivity index (χ1v) is 8.29. The van der Waals surface area contributed by atoms with E-state index in [-0.39, 0.29) is 17.3 Å². The van der Waals surface area contributed by atoms with Crippen LogP contribution in [0.1, 0.15) is 37.8 Å². The Kier molecular flexibility index (Phi) is 7.45. The van der Waals surface area contributed by atoms with Gasteiger partial charge in [0.1, 0.15) is 11.4 Å². The molecule has 2 rings (SSSR count). The van der Waals surface area contributed by atoms with Gasteiger partial charge in [0.2, 0.25) is 0 Å². The summed E-state index contributed by atoms with van der Waals surface area (Å²) >= 11 is 0. The van der Waals surface area contributed by atoms with Crippen LogP contribution in [0.2, 0.25) is 0 Å². The third-order valence-electron chi connectivity index (χ3n) is 3.59. The predicted octanol–water partition coefficient (Wildman–Crippen LogP) is 1.89. The summed E-state index contributed by atoms with van der Waals surface area (Å²) in [5.41, 5.74) is 1.13. The van der Waals surface area contributed by atoms with Gasteiger partial charge in [-0.05, 0) is 42.8 Å². The number of nitrogens with one attached hydrogen (secondary N) is 2. The van der Waals surface area contributed by atoms with Crippen molar-refractivity contribution in [2.45, 2.75) is 6.42 Å². The Hall–Kier alpha value is -3.26. The molecule has 0 radical (unpaired) electrons. The van der Waals surface area contributed by atoms with Crippen molar-refractivity contribution in [3.8, 4) is 0 Å². The van der Waals surface area contributed by atoms with Crippen LogP contribution in [0.3, 0.4) is 0 Å². The van der Waals surface area contributed by atoms with E-state index < -0.39 is 11.9 Å². The molecule has 0 saturated carbocycles. The first-order valence-electron chi connectivity index (χ1n) is 8.29. The quantitative estimate of drug-likeness (QED) is 0.542. The molecule has 2 N–H and O–H groups in total. The van der Waals surface area contributed by atoms with Crippen LogP contribution < -0.4 is 10.6 Å². The average Bonchev–Trinajstić information content (AvgIpc) is 2.71. The highest BCUT2D eigenvalue weighted by Gasteiger charge is 2.13. The molecule has 0 fully saturated rings. The second-order valence-electron chi connectivity index (χ2n) is 5.53. The summed E-state index contributed by atoms with van der Waals surface area (Å²) in [5, 5.41) is 5.38. The molecule has 0 aliphatic rings. The maximum Gasteiger partial charge on any atom is 0.337 e. The molecule has 0 aliphatic carbocycles. The Labute approximate surface area is 156 Å². The summed E-state index contributed by atoms with van der Waals surface area (Å²) in [6.07, 6.45) is 0.685. The fourth-order valence-corrected chi connectivity index (χ4v) is 2.20. The van der Waals surface area contributed by atoms with Crippen molar-refractivity contribution in [3.63, 3.8) is 0 Å². The molecule has 0 unspecified atom stereocenters. The third kappa shape index (κ3) is 5.89. The lowest BCUT2D eigenvalue weighted by molar-refractivity contribution is 0.0600.